The largest absolute Gasteiger partial charge is 0.497 e. The van der Waals surface area contributed by atoms with Crippen molar-refractivity contribution in [2.75, 3.05) is 26.3 Å². The number of hydrogen-bond acceptors (Lipinski definition) is 6. The van der Waals surface area contributed by atoms with Crippen LogP contribution in [0.25, 0.3) is 0 Å². The molecule has 2 aliphatic rings. The SMILES string of the molecule is COc1ccc(NC(=O)C[C@H]2C(=O)N(C)C(=S)N2Cc2ccc3c(c2)OCO3)cc1. The number of likely N-dealkylation sites (N-methyl/N-ethyl adjacent to an activating group) is 1. The van der Waals surface area contributed by atoms with Crippen molar-refractivity contribution in [3.63, 3.8) is 0 Å². The quantitative estimate of drug-likeness (QED) is 0.709. The molecule has 1 N–H and O–H groups in total. The highest BCUT2D eigenvalue weighted by molar-refractivity contribution is 7.80. The minimum atomic E-state index is -0.675. The molecule has 1 atom stereocenters. The summed E-state index contributed by atoms with van der Waals surface area (Å²) < 4.78 is 15.9. The first-order valence-corrected chi connectivity index (χ1v) is 9.77. The van der Waals surface area contributed by atoms with Crippen molar-refractivity contribution in [2.45, 2.75) is 19.0 Å². The fourth-order valence-electron chi connectivity index (χ4n) is 3.45. The highest BCUT2D eigenvalue weighted by Crippen LogP contribution is 2.33. The van der Waals surface area contributed by atoms with Crippen LogP contribution in [0.3, 0.4) is 0 Å². The monoisotopic (exact) mass is 427 g/mol. The van der Waals surface area contributed by atoms with Crippen LogP contribution in [0.4, 0.5) is 5.69 Å². The average molecular weight is 427 g/mol. The number of nitrogens with one attached hydrogen (secondary N) is 1. The van der Waals surface area contributed by atoms with Crippen LogP contribution in [0, 0.1) is 0 Å². The number of benzene rings is 2. The minimum absolute atomic E-state index is 0.0140. The molecule has 30 heavy (non-hydrogen) atoms. The lowest BCUT2D eigenvalue weighted by atomic mass is 10.1. The number of methoxy groups -OCH3 is 1. The third-order valence-electron chi connectivity index (χ3n) is 5.07. The molecule has 2 amide bonds. The molecule has 0 unspecified atom stereocenters. The van der Waals surface area contributed by atoms with Crippen LogP contribution in [-0.2, 0) is 16.1 Å². The maximum atomic E-state index is 12.7. The molecule has 8 nitrogen and oxygen atoms in total. The first kappa shape index (κ1) is 20.0. The first-order chi connectivity index (χ1) is 14.5. The maximum Gasteiger partial charge on any atom is 0.251 e. The molecule has 156 valence electrons. The van der Waals surface area contributed by atoms with E-state index in [2.05, 4.69) is 5.32 Å². The van der Waals surface area contributed by atoms with Gasteiger partial charge in [-0.1, -0.05) is 6.07 Å². The van der Waals surface area contributed by atoms with Crippen molar-refractivity contribution >= 4 is 34.8 Å². The minimum Gasteiger partial charge on any atom is -0.497 e. The Morgan fingerprint density at radius 3 is 2.67 bits per heavy atom. The summed E-state index contributed by atoms with van der Waals surface area (Å²) in [5, 5.41) is 3.21. The van der Waals surface area contributed by atoms with Crippen molar-refractivity contribution in [2.24, 2.45) is 0 Å². The van der Waals surface area contributed by atoms with Gasteiger partial charge in [0, 0.05) is 19.3 Å². The lowest BCUT2D eigenvalue weighted by Gasteiger charge is -2.23. The summed E-state index contributed by atoms with van der Waals surface area (Å²) in [6.07, 6.45) is -0.0140. The standard InChI is InChI=1S/C21H21N3O5S/c1-23-20(26)16(10-19(25)22-14-4-6-15(27-2)7-5-14)24(21(23)30)11-13-3-8-17-18(9-13)29-12-28-17/h3-9,16H,10-12H2,1-2H3,(H,22,25)/t16-/m0/s1. The van der Waals surface area contributed by atoms with Crippen LogP contribution in [0.5, 0.6) is 17.2 Å². The van der Waals surface area contributed by atoms with Gasteiger partial charge in [-0.25, -0.2) is 0 Å². The van der Waals surface area contributed by atoms with Crippen LogP contribution in [0.15, 0.2) is 42.5 Å². The fraction of sp³-hybridized carbons (Fsp3) is 0.286. The summed E-state index contributed by atoms with van der Waals surface area (Å²) in [6.45, 7) is 0.572. The zero-order chi connectivity index (χ0) is 21.3. The first-order valence-electron chi connectivity index (χ1n) is 9.37. The molecule has 1 saturated heterocycles. The number of rotatable bonds is 6. The average Bonchev–Trinajstić information content (AvgIpc) is 3.29. The van der Waals surface area contributed by atoms with Crippen molar-refractivity contribution in [3.8, 4) is 17.2 Å². The number of nitrogens with zero attached hydrogens (tertiary/aromatic N) is 2. The van der Waals surface area contributed by atoms with Crippen LogP contribution in [0.1, 0.15) is 12.0 Å². The summed E-state index contributed by atoms with van der Waals surface area (Å²) in [5.74, 6) is 1.57. The van der Waals surface area contributed by atoms with Gasteiger partial charge in [0.15, 0.2) is 16.6 Å². The molecule has 2 aromatic carbocycles. The Morgan fingerprint density at radius 2 is 1.93 bits per heavy atom. The summed E-state index contributed by atoms with van der Waals surface area (Å²) >= 11 is 5.46. The topological polar surface area (TPSA) is 80.3 Å². The Labute approximate surface area is 179 Å². The molecule has 0 saturated carbocycles. The van der Waals surface area contributed by atoms with Gasteiger partial charge >= 0.3 is 0 Å². The lowest BCUT2D eigenvalue weighted by Crippen LogP contribution is -2.37. The molecule has 1 fully saturated rings. The number of anilines is 1. The van der Waals surface area contributed by atoms with Gasteiger partial charge in [0.2, 0.25) is 12.7 Å². The van der Waals surface area contributed by atoms with Gasteiger partial charge in [-0.3, -0.25) is 14.5 Å². The summed E-state index contributed by atoms with van der Waals surface area (Å²) in [6, 6.07) is 11.9. The Balaban J connectivity index is 1.47. The Kier molecular flexibility index (Phi) is 5.45. The number of fused-ring (bicyclic) bond motifs is 1. The molecule has 2 aromatic rings. The lowest BCUT2D eigenvalue weighted by molar-refractivity contribution is -0.130. The highest BCUT2D eigenvalue weighted by Gasteiger charge is 2.41. The second-order valence-corrected chi connectivity index (χ2v) is 7.36. The Hall–Kier alpha value is -3.33. The second kappa shape index (κ2) is 8.19. The number of ether oxygens (including phenoxy) is 3. The van der Waals surface area contributed by atoms with Crippen LogP contribution < -0.4 is 19.5 Å². The van der Waals surface area contributed by atoms with Crippen molar-refractivity contribution in [3.05, 3.63) is 48.0 Å². The van der Waals surface area contributed by atoms with E-state index in [0.717, 1.165) is 5.56 Å². The molecule has 0 aliphatic carbocycles. The molecule has 0 spiro atoms. The molecule has 4 rings (SSSR count). The smallest absolute Gasteiger partial charge is 0.251 e. The van der Waals surface area contributed by atoms with E-state index in [-0.39, 0.29) is 25.0 Å². The molecule has 2 aliphatic heterocycles. The predicted octanol–water partition coefficient (Wildman–Crippen LogP) is 2.38. The van der Waals surface area contributed by atoms with E-state index in [9.17, 15) is 9.59 Å². The third kappa shape index (κ3) is 3.88. The summed E-state index contributed by atoms with van der Waals surface area (Å²) in [4.78, 5) is 28.5. The zero-order valence-electron chi connectivity index (χ0n) is 16.6. The van der Waals surface area contributed by atoms with Gasteiger partial charge < -0.3 is 24.4 Å². The van der Waals surface area contributed by atoms with E-state index in [1.54, 1.807) is 43.3 Å². The molecule has 0 radical (unpaired) electrons. The van der Waals surface area contributed by atoms with E-state index < -0.39 is 6.04 Å². The van der Waals surface area contributed by atoms with Gasteiger partial charge in [0.25, 0.3) is 5.91 Å². The van der Waals surface area contributed by atoms with E-state index in [0.29, 0.717) is 34.6 Å². The van der Waals surface area contributed by atoms with E-state index in [4.69, 9.17) is 26.4 Å². The molecular weight excluding hydrogens is 406 g/mol. The molecular formula is C21H21N3O5S. The van der Waals surface area contributed by atoms with Gasteiger partial charge in [-0.15, -0.1) is 0 Å². The van der Waals surface area contributed by atoms with Crippen LogP contribution >= 0.6 is 12.2 Å². The number of hydrogen-bond donors (Lipinski definition) is 1. The Morgan fingerprint density at radius 1 is 1.20 bits per heavy atom. The number of carbonyl (C=O) groups excluding carboxylic acids is 2. The number of carbonyl (C=O) groups is 2. The van der Waals surface area contributed by atoms with Gasteiger partial charge in [0.05, 0.1) is 13.5 Å². The predicted molar refractivity (Wildman–Crippen MR) is 114 cm³/mol. The second-order valence-electron chi connectivity index (χ2n) is 6.99. The van der Waals surface area contributed by atoms with Gasteiger partial charge in [-0.2, -0.15) is 0 Å². The van der Waals surface area contributed by atoms with Crippen LogP contribution in [-0.4, -0.2) is 53.7 Å². The molecule has 0 bridgehead atoms. The van der Waals surface area contributed by atoms with Crippen LogP contribution in [0.2, 0.25) is 0 Å². The normalized spacial score (nSPS) is 17.5. The Bertz CT molecular complexity index is 995. The van der Waals surface area contributed by atoms with Gasteiger partial charge in [0.1, 0.15) is 11.8 Å². The van der Waals surface area contributed by atoms with E-state index in [1.165, 1.54) is 4.90 Å². The van der Waals surface area contributed by atoms with Crippen molar-refractivity contribution in [1.29, 1.82) is 0 Å². The molecule has 9 heteroatoms. The van der Waals surface area contributed by atoms with Gasteiger partial charge in [-0.05, 0) is 54.2 Å². The summed E-state index contributed by atoms with van der Waals surface area (Å²) in [7, 11) is 3.20. The highest BCUT2D eigenvalue weighted by atomic mass is 32.1. The fourth-order valence-corrected chi connectivity index (χ4v) is 3.73. The third-order valence-corrected chi connectivity index (χ3v) is 5.58. The van der Waals surface area contributed by atoms with Crippen molar-refractivity contribution < 1.29 is 23.8 Å². The van der Waals surface area contributed by atoms with Crippen molar-refractivity contribution in [1.82, 2.24) is 9.80 Å². The number of thiocarbonyl (C=S) groups is 1. The van der Waals surface area contributed by atoms with E-state index in [1.807, 2.05) is 18.2 Å². The molecule has 0 aromatic heterocycles. The summed E-state index contributed by atoms with van der Waals surface area (Å²) in [5.41, 5.74) is 1.54. The zero-order valence-corrected chi connectivity index (χ0v) is 17.4. The maximum absolute atomic E-state index is 12.7. The molecule has 2 heterocycles. The van der Waals surface area contributed by atoms with E-state index >= 15 is 0 Å². The number of amides is 2.